The fourth-order valence-corrected chi connectivity index (χ4v) is 3.00. The summed E-state index contributed by atoms with van der Waals surface area (Å²) in [7, 11) is 2.85. The minimum Gasteiger partial charge on any atom is -0.496 e. The number of carbonyl (C=O) groups excluding carboxylic acids is 2. The number of hydrogen-bond acceptors (Lipinski definition) is 6. The summed E-state index contributed by atoms with van der Waals surface area (Å²) in [6.07, 6.45) is 0.856. The fourth-order valence-electron chi connectivity index (χ4n) is 2.62. The molecule has 1 aliphatic heterocycles. The van der Waals surface area contributed by atoms with Crippen LogP contribution in [-0.2, 0) is 9.53 Å². The van der Waals surface area contributed by atoms with E-state index in [0.717, 1.165) is 4.47 Å². The van der Waals surface area contributed by atoms with Gasteiger partial charge in [0.2, 0.25) is 5.78 Å². The van der Waals surface area contributed by atoms with Crippen LogP contribution in [0.15, 0.2) is 46.6 Å². The van der Waals surface area contributed by atoms with Crippen molar-refractivity contribution in [3.05, 3.63) is 57.8 Å². The molecule has 0 saturated carbocycles. The summed E-state index contributed by atoms with van der Waals surface area (Å²) in [5, 5.41) is 0. The molecule has 140 valence electrons. The lowest BCUT2D eigenvalue weighted by Gasteiger charge is -2.12. The number of halogens is 1. The van der Waals surface area contributed by atoms with Crippen LogP contribution in [0.25, 0.3) is 6.08 Å². The summed E-state index contributed by atoms with van der Waals surface area (Å²) < 4.78 is 22.0. The second kappa shape index (κ2) is 7.84. The Morgan fingerprint density at radius 2 is 1.96 bits per heavy atom. The first-order valence-electron chi connectivity index (χ1n) is 8.09. The molecule has 7 heteroatoms. The zero-order valence-electron chi connectivity index (χ0n) is 14.9. The molecule has 0 aromatic heterocycles. The Bertz CT molecular complexity index is 934. The summed E-state index contributed by atoms with van der Waals surface area (Å²) in [6, 6.07) is 10.3. The minimum atomic E-state index is -0.772. The maximum atomic E-state index is 12.6. The third-order valence-electron chi connectivity index (χ3n) is 3.97. The molecule has 2 aromatic rings. The summed E-state index contributed by atoms with van der Waals surface area (Å²) in [5.41, 5.74) is 1.13. The first kappa shape index (κ1) is 19.0. The molecule has 0 N–H and O–H groups in total. The predicted molar refractivity (Wildman–Crippen MR) is 102 cm³/mol. The van der Waals surface area contributed by atoms with Crippen LogP contribution in [0, 0.1) is 0 Å². The van der Waals surface area contributed by atoms with Crippen molar-refractivity contribution in [2.24, 2.45) is 0 Å². The fraction of sp³-hybridized carbons (Fsp3) is 0.200. The van der Waals surface area contributed by atoms with Crippen molar-refractivity contribution in [2.75, 3.05) is 14.2 Å². The zero-order valence-corrected chi connectivity index (χ0v) is 16.5. The van der Waals surface area contributed by atoms with Crippen LogP contribution in [0.5, 0.6) is 17.2 Å². The quantitative estimate of drug-likeness (QED) is 0.524. The van der Waals surface area contributed by atoms with Gasteiger partial charge in [-0.15, -0.1) is 0 Å². The number of fused-ring (bicyclic) bond motifs is 1. The van der Waals surface area contributed by atoms with E-state index in [1.807, 2.05) is 12.1 Å². The number of Topliss-reactive ketones (excluding diaryl/α,β-unsaturated/α-hetero) is 1. The molecule has 0 saturated heterocycles. The van der Waals surface area contributed by atoms with Gasteiger partial charge in [0, 0.05) is 16.1 Å². The Balaban J connectivity index is 1.87. The highest BCUT2D eigenvalue weighted by Crippen LogP contribution is 2.36. The Morgan fingerprint density at radius 1 is 1.19 bits per heavy atom. The highest BCUT2D eigenvalue weighted by molar-refractivity contribution is 9.10. The first-order valence-corrected chi connectivity index (χ1v) is 8.88. The van der Waals surface area contributed by atoms with Gasteiger partial charge in [0.15, 0.2) is 11.9 Å². The van der Waals surface area contributed by atoms with Crippen LogP contribution in [0.3, 0.4) is 0 Å². The maximum Gasteiger partial charge on any atom is 0.346 e. The summed E-state index contributed by atoms with van der Waals surface area (Å²) in [4.78, 5) is 24.1. The average molecular weight is 433 g/mol. The normalized spacial score (nSPS) is 15.1. The van der Waals surface area contributed by atoms with Crippen molar-refractivity contribution in [1.82, 2.24) is 0 Å². The van der Waals surface area contributed by atoms with Gasteiger partial charge in [0.25, 0.3) is 0 Å². The van der Waals surface area contributed by atoms with Crippen molar-refractivity contribution in [3.8, 4) is 17.2 Å². The average Bonchev–Trinajstić information content (AvgIpc) is 2.96. The molecule has 0 aliphatic carbocycles. The van der Waals surface area contributed by atoms with Gasteiger partial charge in [-0.1, -0.05) is 15.9 Å². The molecule has 0 spiro atoms. The van der Waals surface area contributed by atoms with E-state index in [-0.39, 0.29) is 11.5 Å². The number of ether oxygens (including phenoxy) is 4. The second-order valence-corrected chi connectivity index (χ2v) is 6.68. The zero-order chi connectivity index (χ0) is 19.6. The van der Waals surface area contributed by atoms with Gasteiger partial charge in [-0.25, -0.2) is 4.79 Å². The van der Waals surface area contributed by atoms with Gasteiger partial charge in [-0.3, -0.25) is 4.79 Å². The third-order valence-corrected chi connectivity index (χ3v) is 4.46. The number of rotatable bonds is 5. The topological polar surface area (TPSA) is 71.1 Å². The molecule has 0 radical (unpaired) electrons. The smallest absolute Gasteiger partial charge is 0.346 e. The van der Waals surface area contributed by atoms with Crippen LogP contribution in [0.4, 0.5) is 0 Å². The number of carbonyl (C=O) groups is 2. The molecule has 0 fully saturated rings. The molecule has 1 aliphatic rings. The van der Waals surface area contributed by atoms with Gasteiger partial charge >= 0.3 is 5.97 Å². The number of ketones is 1. The van der Waals surface area contributed by atoms with Crippen molar-refractivity contribution < 1.29 is 28.5 Å². The van der Waals surface area contributed by atoms with Crippen molar-refractivity contribution in [1.29, 1.82) is 0 Å². The standard InChI is InChI=1S/C20H17BrO6/c1-11(20(23)25-3)26-14-5-6-15-17(10-14)27-18(19(15)22)9-12-8-13(21)4-7-16(12)24-2/h4-11H,1-3H3/b18-9-/t11-/m1/s1. The molecule has 0 unspecified atom stereocenters. The maximum absolute atomic E-state index is 12.6. The van der Waals surface area contributed by atoms with Gasteiger partial charge in [0.05, 0.1) is 19.8 Å². The molecular weight excluding hydrogens is 416 g/mol. The molecule has 1 heterocycles. The first-order chi connectivity index (χ1) is 12.9. The summed E-state index contributed by atoms with van der Waals surface area (Å²) in [5.74, 6) is 0.846. The van der Waals surface area contributed by atoms with Gasteiger partial charge < -0.3 is 18.9 Å². The van der Waals surface area contributed by atoms with E-state index >= 15 is 0 Å². The van der Waals surface area contributed by atoms with Gasteiger partial charge in [-0.2, -0.15) is 0 Å². The molecule has 27 heavy (non-hydrogen) atoms. The Morgan fingerprint density at radius 3 is 2.67 bits per heavy atom. The lowest BCUT2D eigenvalue weighted by atomic mass is 10.1. The van der Waals surface area contributed by atoms with Gasteiger partial charge in [0.1, 0.15) is 17.2 Å². The minimum absolute atomic E-state index is 0.180. The predicted octanol–water partition coefficient (Wildman–Crippen LogP) is 4.01. The number of esters is 1. The Hall–Kier alpha value is -2.80. The highest BCUT2D eigenvalue weighted by atomic mass is 79.9. The number of methoxy groups -OCH3 is 2. The van der Waals surface area contributed by atoms with E-state index in [4.69, 9.17) is 14.2 Å². The Kier molecular flexibility index (Phi) is 5.51. The number of benzene rings is 2. The molecule has 0 amide bonds. The second-order valence-electron chi connectivity index (χ2n) is 5.77. The lowest BCUT2D eigenvalue weighted by molar-refractivity contribution is -0.147. The molecular formula is C20H17BrO6. The van der Waals surface area contributed by atoms with E-state index in [1.165, 1.54) is 7.11 Å². The largest absolute Gasteiger partial charge is 0.496 e. The SMILES string of the molecule is COC(=O)[C@@H](C)Oc1ccc2c(c1)O/C(=C\c1cc(Br)ccc1OC)C2=O. The number of allylic oxidation sites excluding steroid dienone is 1. The van der Waals surface area contributed by atoms with E-state index in [1.54, 1.807) is 44.4 Å². The molecule has 3 rings (SSSR count). The third kappa shape index (κ3) is 3.98. The molecule has 6 nitrogen and oxygen atoms in total. The van der Waals surface area contributed by atoms with E-state index in [9.17, 15) is 9.59 Å². The van der Waals surface area contributed by atoms with Crippen molar-refractivity contribution in [3.63, 3.8) is 0 Å². The Labute approximate surface area is 164 Å². The van der Waals surface area contributed by atoms with E-state index < -0.39 is 12.1 Å². The van der Waals surface area contributed by atoms with Crippen molar-refractivity contribution in [2.45, 2.75) is 13.0 Å². The van der Waals surface area contributed by atoms with Crippen LogP contribution in [0.2, 0.25) is 0 Å². The van der Waals surface area contributed by atoms with Crippen LogP contribution >= 0.6 is 15.9 Å². The van der Waals surface area contributed by atoms with E-state index in [2.05, 4.69) is 20.7 Å². The molecule has 0 bridgehead atoms. The number of hydrogen-bond donors (Lipinski definition) is 0. The lowest BCUT2D eigenvalue weighted by Crippen LogP contribution is -2.24. The molecule has 2 aromatic carbocycles. The van der Waals surface area contributed by atoms with Crippen LogP contribution in [-0.4, -0.2) is 32.1 Å². The molecule has 1 atom stereocenters. The summed E-state index contributed by atoms with van der Waals surface area (Å²) in [6.45, 7) is 1.58. The monoisotopic (exact) mass is 432 g/mol. The summed E-state index contributed by atoms with van der Waals surface area (Å²) >= 11 is 3.40. The van der Waals surface area contributed by atoms with Crippen LogP contribution in [0.1, 0.15) is 22.8 Å². The van der Waals surface area contributed by atoms with Gasteiger partial charge in [-0.05, 0) is 43.3 Å². The highest BCUT2D eigenvalue weighted by Gasteiger charge is 2.28. The van der Waals surface area contributed by atoms with E-state index in [0.29, 0.717) is 28.4 Å². The van der Waals surface area contributed by atoms with Crippen LogP contribution < -0.4 is 14.2 Å². The van der Waals surface area contributed by atoms with Crippen molar-refractivity contribution >= 4 is 33.8 Å².